The van der Waals surface area contributed by atoms with Gasteiger partial charge in [-0.05, 0) is 31.0 Å². The van der Waals surface area contributed by atoms with Gasteiger partial charge < -0.3 is 10.0 Å². The van der Waals surface area contributed by atoms with Crippen molar-refractivity contribution < 1.29 is 5.11 Å². The van der Waals surface area contributed by atoms with Crippen molar-refractivity contribution in [3.8, 4) is 0 Å². The Kier molecular flexibility index (Phi) is 4.79. The second-order valence-corrected chi connectivity index (χ2v) is 4.41. The molecular weight excluding hydrogens is 186 g/mol. The lowest BCUT2D eigenvalue weighted by molar-refractivity contribution is 0.187. The summed E-state index contributed by atoms with van der Waals surface area (Å²) in [7, 11) is 2.10. The van der Waals surface area contributed by atoms with Crippen LogP contribution in [0.1, 0.15) is 18.1 Å². The molecule has 1 aromatic rings. The van der Waals surface area contributed by atoms with Crippen LogP contribution in [0, 0.1) is 12.8 Å². The summed E-state index contributed by atoms with van der Waals surface area (Å²) in [5.74, 6) is 0.346. The number of hydrogen-bond donors (Lipinski definition) is 1. The van der Waals surface area contributed by atoms with E-state index >= 15 is 0 Å². The highest BCUT2D eigenvalue weighted by molar-refractivity contribution is 5.25. The summed E-state index contributed by atoms with van der Waals surface area (Å²) >= 11 is 0. The van der Waals surface area contributed by atoms with Crippen molar-refractivity contribution in [1.29, 1.82) is 0 Å². The van der Waals surface area contributed by atoms with E-state index < -0.39 is 0 Å². The van der Waals surface area contributed by atoms with Crippen LogP contribution in [0.4, 0.5) is 0 Å². The molecule has 0 aliphatic carbocycles. The van der Waals surface area contributed by atoms with E-state index in [-0.39, 0.29) is 6.61 Å². The molecule has 0 aliphatic rings. The van der Waals surface area contributed by atoms with E-state index in [2.05, 4.69) is 50.1 Å². The van der Waals surface area contributed by atoms with E-state index in [1.54, 1.807) is 0 Å². The van der Waals surface area contributed by atoms with Gasteiger partial charge in [-0.2, -0.15) is 0 Å². The Morgan fingerprint density at radius 2 is 2.00 bits per heavy atom. The predicted octanol–water partition coefficient (Wildman–Crippen LogP) is 2.06. The fraction of sp³-hybridized carbons (Fsp3) is 0.538. The third-order valence-electron chi connectivity index (χ3n) is 2.64. The van der Waals surface area contributed by atoms with Crippen LogP contribution in [0.5, 0.6) is 0 Å². The predicted molar refractivity (Wildman–Crippen MR) is 63.8 cm³/mol. The Hall–Kier alpha value is -0.860. The summed E-state index contributed by atoms with van der Waals surface area (Å²) in [4.78, 5) is 2.25. The van der Waals surface area contributed by atoms with Crippen molar-refractivity contribution in [3.05, 3.63) is 35.4 Å². The molecule has 0 spiro atoms. The van der Waals surface area contributed by atoms with Crippen molar-refractivity contribution >= 4 is 0 Å². The van der Waals surface area contributed by atoms with E-state index in [0.29, 0.717) is 5.92 Å². The van der Waals surface area contributed by atoms with Gasteiger partial charge in [0.1, 0.15) is 0 Å². The second-order valence-electron chi connectivity index (χ2n) is 4.41. The maximum Gasteiger partial charge on any atom is 0.0468 e. The molecule has 0 fully saturated rings. The normalized spacial score (nSPS) is 13.1. The zero-order chi connectivity index (χ0) is 11.3. The lowest BCUT2D eigenvalue weighted by atomic mass is 10.1. The number of aliphatic hydroxyl groups excluding tert-OH is 1. The standard InChI is InChI=1S/C13H21NO/c1-11(10-15)8-14(3)9-13-7-5-4-6-12(13)2/h4-7,11,15H,8-10H2,1-3H3. The van der Waals surface area contributed by atoms with Crippen LogP contribution in [0.2, 0.25) is 0 Å². The number of rotatable bonds is 5. The molecule has 1 unspecified atom stereocenters. The molecule has 1 N–H and O–H groups in total. The third-order valence-corrected chi connectivity index (χ3v) is 2.64. The molecule has 15 heavy (non-hydrogen) atoms. The zero-order valence-corrected chi connectivity index (χ0v) is 9.90. The lowest BCUT2D eigenvalue weighted by Crippen LogP contribution is -2.25. The maximum atomic E-state index is 8.98. The number of aryl methyl sites for hydroxylation is 1. The molecule has 1 atom stereocenters. The Balaban J connectivity index is 2.51. The number of aliphatic hydroxyl groups is 1. The van der Waals surface area contributed by atoms with Gasteiger partial charge in [0.2, 0.25) is 0 Å². The molecule has 0 radical (unpaired) electrons. The van der Waals surface area contributed by atoms with Gasteiger partial charge in [0.25, 0.3) is 0 Å². The number of nitrogens with zero attached hydrogens (tertiary/aromatic N) is 1. The molecule has 0 heterocycles. The highest BCUT2D eigenvalue weighted by Gasteiger charge is 2.06. The minimum absolute atomic E-state index is 0.262. The van der Waals surface area contributed by atoms with Crippen LogP contribution < -0.4 is 0 Å². The topological polar surface area (TPSA) is 23.5 Å². The van der Waals surface area contributed by atoms with Crippen LogP contribution in [0.15, 0.2) is 24.3 Å². The Morgan fingerprint density at radius 1 is 1.33 bits per heavy atom. The average molecular weight is 207 g/mol. The summed E-state index contributed by atoms with van der Waals surface area (Å²) < 4.78 is 0. The summed E-state index contributed by atoms with van der Waals surface area (Å²) in [6.07, 6.45) is 0. The highest BCUT2D eigenvalue weighted by atomic mass is 16.3. The zero-order valence-electron chi connectivity index (χ0n) is 9.90. The van der Waals surface area contributed by atoms with Crippen molar-refractivity contribution in [3.63, 3.8) is 0 Å². The molecule has 0 bridgehead atoms. The fourth-order valence-electron chi connectivity index (χ4n) is 1.73. The van der Waals surface area contributed by atoms with Crippen molar-refractivity contribution in [2.24, 2.45) is 5.92 Å². The van der Waals surface area contributed by atoms with E-state index in [0.717, 1.165) is 13.1 Å². The smallest absolute Gasteiger partial charge is 0.0468 e. The molecule has 0 aliphatic heterocycles. The third kappa shape index (κ3) is 4.02. The minimum atomic E-state index is 0.262. The van der Waals surface area contributed by atoms with Gasteiger partial charge in [0, 0.05) is 19.7 Å². The maximum absolute atomic E-state index is 8.98. The van der Waals surface area contributed by atoms with E-state index in [9.17, 15) is 0 Å². The molecule has 0 aromatic heterocycles. The van der Waals surface area contributed by atoms with Gasteiger partial charge in [-0.15, -0.1) is 0 Å². The summed E-state index contributed by atoms with van der Waals surface area (Å²) in [5, 5.41) is 8.98. The molecule has 84 valence electrons. The first-order chi connectivity index (χ1) is 7.13. The molecule has 2 nitrogen and oxygen atoms in total. The van der Waals surface area contributed by atoms with Crippen LogP contribution >= 0.6 is 0 Å². The molecule has 2 heteroatoms. The SMILES string of the molecule is Cc1ccccc1CN(C)CC(C)CO. The van der Waals surface area contributed by atoms with Gasteiger partial charge in [-0.1, -0.05) is 31.2 Å². The van der Waals surface area contributed by atoms with Gasteiger partial charge in [0.05, 0.1) is 0 Å². The quantitative estimate of drug-likeness (QED) is 0.799. The minimum Gasteiger partial charge on any atom is -0.396 e. The van der Waals surface area contributed by atoms with E-state index in [4.69, 9.17) is 5.11 Å². The van der Waals surface area contributed by atoms with Crippen molar-refractivity contribution in [2.75, 3.05) is 20.2 Å². The molecule has 1 rings (SSSR count). The number of hydrogen-bond acceptors (Lipinski definition) is 2. The summed E-state index contributed by atoms with van der Waals surface area (Å²) in [6, 6.07) is 8.44. The first kappa shape index (κ1) is 12.2. The second kappa shape index (κ2) is 5.89. The van der Waals surface area contributed by atoms with Crippen LogP contribution in [-0.4, -0.2) is 30.2 Å². The highest BCUT2D eigenvalue weighted by Crippen LogP contribution is 2.10. The van der Waals surface area contributed by atoms with Crippen LogP contribution in [0.3, 0.4) is 0 Å². The molecule has 0 saturated carbocycles. The van der Waals surface area contributed by atoms with Gasteiger partial charge in [-0.3, -0.25) is 0 Å². The van der Waals surface area contributed by atoms with Gasteiger partial charge >= 0.3 is 0 Å². The largest absolute Gasteiger partial charge is 0.396 e. The Morgan fingerprint density at radius 3 is 2.60 bits per heavy atom. The lowest BCUT2D eigenvalue weighted by Gasteiger charge is -2.20. The van der Waals surface area contributed by atoms with Gasteiger partial charge in [0.15, 0.2) is 0 Å². The molecule has 1 aromatic carbocycles. The average Bonchev–Trinajstić information content (AvgIpc) is 2.21. The van der Waals surface area contributed by atoms with Crippen LogP contribution in [0.25, 0.3) is 0 Å². The monoisotopic (exact) mass is 207 g/mol. The first-order valence-corrected chi connectivity index (χ1v) is 5.47. The fourth-order valence-corrected chi connectivity index (χ4v) is 1.73. The first-order valence-electron chi connectivity index (χ1n) is 5.47. The van der Waals surface area contributed by atoms with E-state index in [1.807, 2.05) is 0 Å². The van der Waals surface area contributed by atoms with Crippen molar-refractivity contribution in [2.45, 2.75) is 20.4 Å². The summed E-state index contributed by atoms with van der Waals surface area (Å²) in [6.45, 7) is 6.35. The van der Waals surface area contributed by atoms with Gasteiger partial charge in [-0.25, -0.2) is 0 Å². The summed E-state index contributed by atoms with van der Waals surface area (Å²) in [5.41, 5.74) is 2.70. The van der Waals surface area contributed by atoms with Crippen LogP contribution in [-0.2, 0) is 6.54 Å². The Labute approximate surface area is 92.5 Å². The Bertz CT molecular complexity index is 298. The van der Waals surface area contributed by atoms with E-state index in [1.165, 1.54) is 11.1 Å². The molecule has 0 amide bonds. The molecule has 0 saturated heterocycles. The number of benzene rings is 1. The molecular formula is C13H21NO. The van der Waals surface area contributed by atoms with Crippen molar-refractivity contribution in [1.82, 2.24) is 4.90 Å².